The van der Waals surface area contributed by atoms with Crippen molar-refractivity contribution in [2.75, 3.05) is 5.75 Å². The van der Waals surface area contributed by atoms with Gasteiger partial charge in [0, 0.05) is 6.42 Å². The SMILES string of the molecule is SC[CH]c1ccccc1. The van der Waals surface area contributed by atoms with Crippen LogP contribution in [0.5, 0.6) is 0 Å². The Morgan fingerprint density at radius 3 is 2.44 bits per heavy atom. The summed E-state index contributed by atoms with van der Waals surface area (Å²) in [7, 11) is 0. The van der Waals surface area contributed by atoms with Crippen LogP contribution >= 0.6 is 12.6 Å². The lowest BCUT2D eigenvalue weighted by Crippen LogP contribution is -1.79. The molecule has 0 N–H and O–H groups in total. The van der Waals surface area contributed by atoms with Gasteiger partial charge in [-0.15, -0.1) is 0 Å². The highest BCUT2D eigenvalue weighted by molar-refractivity contribution is 7.80. The Balaban J connectivity index is 2.61. The molecule has 0 heterocycles. The van der Waals surface area contributed by atoms with Gasteiger partial charge < -0.3 is 0 Å². The monoisotopic (exact) mass is 137 g/mol. The first-order valence-electron chi connectivity index (χ1n) is 2.92. The second-order valence-electron chi connectivity index (χ2n) is 1.80. The molecule has 0 fully saturated rings. The van der Waals surface area contributed by atoms with Crippen LogP contribution in [-0.2, 0) is 0 Å². The molecular formula is C8H9S. The van der Waals surface area contributed by atoms with E-state index in [4.69, 9.17) is 0 Å². The van der Waals surface area contributed by atoms with E-state index in [0.29, 0.717) is 0 Å². The fourth-order valence-corrected chi connectivity index (χ4v) is 0.905. The molecule has 0 aliphatic heterocycles. The molecular weight excluding hydrogens is 128 g/mol. The molecule has 0 saturated heterocycles. The van der Waals surface area contributed by atoms with Crippen LogP contribution < -0.4 is 0 Å². The molecule has 0 unspecified atom stereocenters. The fourth-order valence-electron chi connectivity index (χ4n) is 0.695. The lowest BCUT2D eigenvalue weighted by atomic mass is 10.2. The van der Waals surface area contributed by atoms with Crippen molar-refractivity contribution in [2.45, 2.75) is 0 Å². The van der Waals surface area contributed by atoms with E-state index in [9.17, 15) is 0 Å². The molecule has 9 heavy (non-hydrogen) atoms. The molecule has 1 heteroatoms. The van der Waals surface area contributed by atoms with Crippen LogP contribution in [0.4, 0.5) is 0 Å². The van der Waals surface area contributed by atoms with E-state index < -0.39 is 0 Å². The van der Waals surface area contributed by atoms with Crippen LogP contribution in [0, 0.1) is 6.42 Å². The second-order valence-corrected chi connectivity index (χ2v) is 2.16. The van der Waals surface area contributed by atoms with E-state index >= 15 is 0 Å². The summed E-state index contributed by atoms with van der Waals surface area (Å²) in [5, 5.41) is 0. The van der Waals surface area contributed by atoms with E-state index in [1.165, 1.54) is 5.56 Å². The molecule has 0 spiro atoms. The molecule has 1 aromatic carbocycles. The third-order valence-corrected chi connectivity index (χ3v) is 1.31. The van der Waals surface area contributed by atoms with Gasteiger partial charge in [0.25, 0.3) is 0 Å². The summed E-state index contributed by atoms with van der Waals surface area (Å²) < 4.78 is 0. The molecule has 1 radical (unpaired) electrons. The minimum absolute atomic E-state index is 0.810. The van der Waals surface area contributed by atoms with Crippen LogP contribution in [0.2, 0.25) is 0 Å². The molecule has 0 aliphatic rings. The maximum atomic E-state index is 4.08. The Morgan fingerprint density at radius 1 is 1.22 bits per heavy atom. The van der Waals surface area contributed by atoms with Crippen LogP contribution in [0.15, 0.2) is 30.3 Å². The maximum absolute atomic E-state index is 4.08. The highest BCUT2D eigenvalue weighted by Crippen LogP contribution is 2.01. The van der Waals surface area contributed by atoms with Gasteiger partial charge in [-0.3, -0.25) is 0 Å². The fraction of sp³-hybridized carbons (Fsp3) is 0.125. The van der Waals surface area contributed by atoms with E-state index in [1.807, 2.05) is 18.2 Å². The summed E-state index contributed by atoms with van der Waals surface area (Å²) in [5.74, 6) is 0.810. The first-order chi connectivity index (χ1) is 4.43. The largest absolute Gasteiger partial charge is 0.179 e. The minimum atomic E-state index is 0.810. The first kappa shape index (κ1) is 6.69. The molecule has 0 aliphatic carbocycles. The summed E-state index contributed by atoms with van der Waals surface area (Å²) in [6, 6.07) is 10.2. The van der Waals surface area contributed by atoms with Crippen molar-refractivity contribution < 1.29 is 0 Å². The van der Waals surface area contributed by atoms with E-state index in [-0.39, 0.29) is 0 Å². The highest BCUT2D eigenvalue weighted by Gasteiger charge is 1.85. The van der Waals surface area contributed by atoms with Crippen molar-refractivity contribution in [2.24, 2.45) is 0 Å². The van der Waals surface area contributed by atoms with Crippen LogP contribution in [0.1, 0.15) is 5.56 Å². The third kappa shape index (κ3) is 2.10. The van der Waals surface area contributed by atoms with Crippen molar-refractivity contribution in [1.82, 2.24) is 0 Å². The van der Waals surface area contributed by atoms with Gasteiger partial charge in [0.15, 0.2) is 0 Å². The Kier molecular flexibility index (Phi) is 2.65. The Hall–Kier alpha value is -0.430. The average Bonchev–Trinajstić information content (AvgIpc) is 1.91. The lowest BCUT2D eigenvalue weighted by molar-refractivity contribution is 1.45. The lowest BCUT2D eigenvalue weighted by Gasteiger charge is -1.92. The molecule has 1 aromatic rings. The average molecular weight is 137 g/mol. The molecule has 0 amide bonds. The molecule has 0 saturated carbocycles. The number of hydrogen-bond donors (Lipinski definition) is 1. The minimum Gasteiger partial charge on any atom is -0.179 e. The van der Waals surface area contributed by atoms with Crippen molar-refractivity contribution in [3.8, 4) is 0 Å². The predicted octanol–water partition coefficient (Wildman–Crippen LogP) is 2.17. The highest BCUT2D eigenvalue weighted by atomic mass is 32.1. The smallest absolute Gasteiger partial charge is 0.000308 e. The van der Waals surface area contributed by atoms with Gasteiger partial charge in [-0.2, -0.15) is 12.6 Å². The summed E-state index contributed by atoms with van der Waals surface area (Å²) in [5.41, 5.74) is 1.24. The number of rotatable bonds is 2. The van der Waals surface area contributed by atoms with Gasteiger partial charge in [-0.05, 0) is 11.3 Å². The molecule has 0 aromatic heterocycles. The van der Waals surface area contributed by atoms with Crippen molar-refractivity contribution in [1.29, 1.82) is 0 Å². The first-order valence-corrected chi connectivity index (χ1v) is 3.56. The summed E-state index contributed by atoms with van der Waals surface area (Å²) in [6.07, 6.45) is 2.07. The number of benzene rings is 1. The van der Waals surface area contributed by atoms with Crippen LogP contribution in [-0.4, -0.2) is 5.75 Å². The standard InChI is InChI=1S/C8H9S/c9-7-6-8-4-2-1-3-5-8/h1-6,9H,7H2. The summed E-state index contributed by atoms with van der Waals surface area (Å²) in [4.78, 5) is 0. The van der Waals surface area contributed by atoms with E-state index in [2.05, 4.69) is 31.2 Å². The predicted molar refractivity (Wildman–Crippen MR) is 43.7 cm³/mol. The van der Waals surface area contributed by atoms with Crippen molar-refractivity contribution in [3.63, 3.8) is 0 Å². The normalized spacial score (nSPS) is 9.44. The Morgan fingerprint density at radius 2 is 1.89 bits per heavy atom. The van der Waals surface area contributed by atoms with Crippen molar-refractivity contribution in [3.05, 3.63) is 42.3 Å². The van der Waals surface area contributed by atoms with Gasteiger partial charge in [-0.1, -0.05) is 30.3 Å². The molecule has 0 atom stereocenters. The topological polar surface area (TPSA) is 0 Å². The van der Waals surface area contributed by atoms with Gasteiger partial charge in [-0.25, -0.2) is 0 Å². The summed E-state index contributed by atoms with van der Waals surface area (Å²) >= 11 is 4.08. The van der Waals surface area contributed by atoms with Crippen LogP contribution in [0.3, 0.4) is 0 Å². The summed E-state index contributed by atoms with van der Waals surface area (Å²) in [6.45, 7) is 0. The van der Waals surface area contributed by atoms with Gasteiger partial charge in [0.2, 0.25) is 0 Å². The second kappa shape index (κ2) is 3.57. The Labute approximate surface area is 61.3 Å². The zero-order valence-electron chi connectivity index (χ0n) is 5.12. The molecule has 1 rings (SSSR count). The zero-order chi connectivity index (χ0) is 6.53. The van der Waals surface area contributed by atoms with Gasteiger partial charge in [0.1, 0.15) is 0 Å². The number of hydrogen-bond acceptors (Lipinski definition) is 1. The van der Waals surface area contributed by atoms with E-state index in [1.54, 1.807) is 0 Å². The van der Waals surface area contributed by atoms with Crippen LogP contribution in [0.25, 0.3) is 0 Å². The molecule has 0 bridgehead atoms. The number of thiol groups is 1. The maximum Gasteiger partial charge on any atom is 0.000308 e. The van der Waals surface area contributed by atoms with Gasteiger partial charge >= 0.3 is 0 Å². The zero-order valence-corrected chi connectivity index (χ0v) is 6.01. The molecule has 0 nitrogen and oxygen atoms in total. The van der Waals surface area contributed by atoms with E-state index in [0.717, 1.165) is 5.75 Å². The molecule has 47 valence electrons. The Bertz CT molecular complexity index is 157. The third-order valence-electron chi connectivity index (χ3n) is 1.13. The van der Waals surface area contributed by atoms with Crippen molar-refractivity contribution >= 4 is 12.6 Å². The van der Waals surface area contributed by atoms with Gasteiger partial charge in [0.05, 0.1) is 0 Å². The quantitative estimate of drug-likeness (QED) is 0.593.